The monoisotopic (exact) mass is 304 g/mol. The second-order valence-electron chi connectivity index (χ2n) is 5.46. The van der Waals surface area contributed by atoms with Crippen molar-refractivity contribution in [1.82, 2.24) is 10.2 Å². The molecule has 118 valence electrons. The Bertz CT molecular complexity index is 559. The van der Waals surface area contributed by atoms with Crippen molar-refractivity contribution in [3.8, 4) is 0 Å². The first-order valence-electron chi connectivity index (χ1n) is 7.33. The van der Waals surface area contributed by atoms with Gasteiger partial charge in [0, 0.05) is 19.9 Å². The molecule has 1 heterocycles. The van der Waals surface area contributed by atoms with Gasteiger partial charge in [-0.25, -0.2) is 4.79 Å². The van der Waals surface area contributed by atoms with Crippen molar-refractivity contribution in [2.75, 3.05) is 6.54 Å². The van der Waals surface area contributed by atoms with Crippen LogP contribution in [-0.4, -0.2) is 46.4 Å². The zero-order valence-corrected chi connectivity index (χ0v) is 12.5. The molecule has 6 nitrogen and oxygen atoms in total. The molecule has 1 aromatic carbocycles. The van der Waals surface area contributed by atoms with Crippen LogP contribution in [0.1, 0.15) is 25.3 Å². The van der Waals surface area contributed by atoms with Crippen LogP contribution in [0, 0.1) is 0 Å². The van der Waals surface area contributed by atoms with Crippen molar-refractivity contribution in [2.24, 2.45) is 0 Å². The van der Waals surface area contributed by atoms with Crippen molar-refractivity contribution in [3.05, 3.63) is 35.9 Å². The van der Waals surface area contributed by atoms with Gasteiger partial charge in [-0.15, -0.1) is 0 Å². The number of carboxylic acid groups (broad SMARTS) is 1. The average molecular weight is 304 g/mol. The summed E-state index contributed by atoms with van der Waals surface area (Å²) in [6, 6.07) is 7.58. The zero-order chi connectivity index (χ0) is 16.1. The Labute approximate surface area is 129 Å². The van der Waals surface area contributed by atoms with E-state index >= 15 is 0 Å². The van der Waals surface area contributed by atoms with Gasteiger partial charge in [0.1, 0.15) is 12.1 Å². The highest BCUT2D eigenvalue weighted by Gasteiger charge is 2.34. The first-order chi connectivity index (χ1) is 10.5. The van der Waals surface area contributed by atoms with Crippen LogP contribution < -0.4 is 5.32 Å². The molecule has 0 saturated carbocycles. The maximum absolute atomic E-state index is 12.3. The van der Waals surface area contributed by atoms with Crippen LogP contribution in [0.15, 0.2) is 30.3 Å². The lowest BCUT2D eigenvalue weighted by Gasteiger charge is -2.24. The second-order valence-corrected chi connectivity index (χ2v) is 5.46. The number of benzene rings is 1. The van der Waals surface area contributed by atoms with E-state index in [1.165, 1.54) is 11.8 Å². The highest BCUT2D eigenvalue weighted by atomic mass is 16.4. The Hall–Kier alpha value is -2.37. The molecule has 1 aliphatic heterocycles. The van der Waals surface area contributed by atoms with Crippen molar-refractivity contribution in [1.29, 1.82) is 0 Å². The van der Waals surface area contributed by atoms with Crippen LogP contribution in [0.5, 0.6) is 0 Å². The molecule has 6 heteroatoms. The molecule has 2 amide bonds. The Morgan fingerprint density at radius 1 is 1.32 bits per heavy atom. The van der Waals surface area contributed by atoms with Gasteiger partial charge in [-0.1, -0.05) is 30.3 Å². The molecular formula is C16H20N2O4. The number of nitrogens with zero attached hydrogens (tertiary/aromatic N) is 1. The van der Waals surface area contributed by atoms with E-state index in [0.29, 0.717) is 13.0 Å². The van der Waals surface area contributed by atoms with E-state index in [2.05, 4.69) is 5.32 Å². The largest absolute Gasteiger partial charge is 0.480 e. The van der Waals surface area contributed by atoms with Gasteiger partial charge in [-0.3, -0.25) is 9.59 Å². The summed E-state index contributed by atoms with van der Waals surface area (Å²) in [6.45, 7) is 1.97. The topological polar surface area (TPSA) is 86.7 Å². The number of carbonyl (C=O) groups is 3. The van der Waals surface area contributed by atoms with E-state index in [0.717, 1.165) is 12.0 Å². The van der Waals surface area contributed by atoms with Crippen molar-refractivity contribution in [2.45, 2.75) is 38.3 Å². The number of rotatable bonds is 5. The van der Waals surface area contributed by atoms with Gasteiger partial charge >= 0.3 is 5.97 Å². The third-order valence-electron chi connectivity index (χ3n) is 3.86. The predicted octanol–water partition coefficient (Wildman–Crippen LogP) is 0.809. The summed E-state index contributed by atoms with van der Waals surface area (Å²) in [6.07, 6.45) is 1.55. The first-order valence-corrected chi connectivity index (χ1v) is 7.33. The number of hydrogen-bond acceptors (Lipinski definition) is 3. The number of carbonyl (C=O) groups excluding carboxylic acids is 2. The minimum Gasteiger partial charge on any atom is -0.480 e. The average Bonchev–Trinajstić information content (AvgIpc) is 2.97. The highest BCUT2D eigenvalue weighted by molar-refractivity contribution is 5.90. The van der Waals surface area contributed by atoms with Crippen LogP contribution in [0.25, 0.3) is 0 Å². The van der Waals surface area contributed by atoms with Crippen LogP contribution in [0.3, 0.4) is 0 Å². The SMILES string of the molecule is CC(=O)N1CCCC1C(=O)N[C@H](Cc1ccccc1)C(=O)O. The molecule has 2 rings (SSSR count). The zero-order valence-electron chi connectivity index (χ0n) is 12.5. The van der Waals surface area contributed by atoms with E-state index in [-0.39, 0.29) is 12.3 Å². The summed E-state index contributed by atoms with van der Waals surface area (Å²) in [5.74, 6) is -1.63. The Morgan fingerprint density at radius 3 is 2.59 bits per heavy atom. The summed E-state index contributed by atoms with van der Waals surface area (Å²) in [7, 11) is 0. The van der Waals surface area contributed by atoms with E-state index in [1.807, 2.05) is 30.3 Å². The molecule has 0 bridgehead atoms. The fourth-order valence-corrected chi connectivity index (χ4v) is 2.73. The number of aliphatic carboxylic acids is 1. The molecule has 1 saturated heterocycles. The molecule has 0 radical (unpaired) electrons. The summed E-state index contributed by atoms with van der Waals surface area (Å²) in [5.41, 5.74) is 0.838. The summed E-state index contributed by atoms with van der Waals surface area (Å²) in [5, 5.41) is 11.9. The molecular weight excluding hydrogens is 284 g/mol. The fraction of sp³-hybridized carbons (Fsp3) is 0.438. The Morgan fingerprint density at radius 2 is 2.00 bits per heavy atom. The number of carboxylic acids is 1. The summed E-state index contributed by atoms with van der Waals surface area (Å²) in [4.78, 5) is 36.7. The number of nitrogens with one attached hydrogen (secondary N) is 1. The molecule has 1 aliphatic rings. The lowest BCUT2D eigenvalue weighted by Crippen LogP contribution is -2.51. The van der Waals surface area contributed by atoms with Crippen LogP contribution in [-0.2, 0) is 20.8 Å². The van der Waals surface area contributed by atoms with E-state index in [4.69, 9.17) is 0 Å². The van der Waals surface area contributed by atoms with Gasteiger partial charge < -0.3 is 15.3 Å². The number of likely N-dealkylation sites (tertiary alicyclic amines) is 1. The molecule has 0 aliphatic carbocycles. The Balaban J connectivity index is 2.03. The minimum absolute atomic E-state index is 0.160. The third kappa shape index (κ3) is 3.84. The molecule has 2 N–H and O–H groups in total. The normalized spacial score (nSPS) is 18.8. The molecule has 1 unspecified atom stereocenters. The van der Waals surface area contributed by atoms with Crippen LogP contribution in [0.4, 0.5) is 0 Å². The van der Waals surface area contributed by atoms with Gasteiger partial charge in [0.05, 0.1) is 0 Å². The highest BCUT2D eigenvalue weighted by Crippen LogP contribution is 2.17. The predicted molar refractivity (Wildman–Crippen MR) is 80.1 cm³/mol. The van der Waals surface area contributed by atoms with Crippen LogP contribution in [0.2, 0.25) is 0 Å². The molecule has 2 atom stereocenters. The van der Waals surface area contributed by atoms with Crippen molar-refractivity contribution >= 4 is 17.8 Å². The molecule has 0 aromatic heterocycles. The third-order valence-corrected chi connectivity index (χ3v) is 3.86. The van der Waals surface area contributed by atoms with E-state index in [9.17, 15) is 19.5 Å². The fourth-order valence-electron chi connectivity index (χ4n) is 2.73. The number of amides is 2. The summed E-state index contributed by atoms with van der Waals surface area (Å²) >= 11 is 0. The van der Waals surface area contributed by atoms with Gasteiger partial charge in [0.15, 0.2) is 0 Å². The van der Waals surface area contributed by atoms with Gasteiger partial charge in [0.25, 0.3) is 0 Å². The molecule has 1 aromatic rings. The standard InChI is InChI=1S/C16H20N2O4/c1-11(19)18-9-5-8-14(18)15(20)17-13(16(21)22)10-12-6-3-2-4-7-12/h2-4,6-7,13-14H,5,8-10H2,1H3,(H,17,20)(H,21,22)/t13-,14?/m1/s1. The molecule has 22 heavy (non-hydrogen) atoms. The maximum atomic E-state index is 12.3. The molecule has 1 fully saturated rings. The van der Waals surface area contributed by atoms with E-state index in [1.54, 1.807) is 0 Å². The van der Waals surface area contributed by atoms with E-state index < -0.39 is 24.0 Å². The lowest BCUT2D eigenvalue weighted by molar-refractivity contribution is -0.143. The van der Waals surface area contributed by atoms with Crippen molar-refractivity contribution < 1.29 is 19.5 Å². The van der Waals surface area contributed by atoms with Gasteiger partial charge in [-0.2, -0.15) is 0 Å². The first kappa shape index (κ1) is 16.0. The molecule has 0 spiro atoms. The number of hydrogen-bond donors (Lipinski definition) is 2. The summed E-state index contributed by atoms with van der Waals surface area (Å²) < 4.78 is 0. The minimum atomic E-state index is -1.08. The lowest BCUT2D eigenvalue weighted by atomic mass is 10.1. The Kier molecular flexibility index (Phi) is 5.14. The van der Waals surface area contributed by atoms with Crippen LogP contribution >= 0.6 is 0 Å². The van der Waals surface area contributed by atoms with Crippen molar-refractivity contribution in [3.63, 3.8) is 0 Å². The smallest absolute Gasteiger partial charge is 0.326 e. The maximum Gasteiger partial charge on any atom is 0.326 e. The second kappa shape index (κ2) is 7.06. The quantitative estimate of drug-likeness (QED) is 0.843. The van der Waals surface area contributed by atoms with Gasteiger partial charge in [0.2, 0.25) is 11.8 Å². The van der Waals surface area contributed by atoms with Gasteiger partial charge in [-0.05, 0) is 18.4 Å².